The molecule has 0 saturated heterocycles. The maximum atomic E-state index is 5.56. The molecule has 0 aromatic carbocycles. The van der Waals surface area contributed by atoms with Crippen molar-refractivity contribution in [2.45, 2.75) is 6.04 Å². The van der Waals surface area contributed by atoms with E-state index in [1.807, 2.05) is 5.38 Å². The number of nitrogens with zero attached hydrogens (tertiary/aromatic N) is 1. The molecule has 0 fully saturated rings. The van der Waals surface area contributed by atoms with Crippen LogP contribution in [-0.4, -0.2) is 11.5 Å². The van der Waals surface area contributed by atoms with Crippen molar-refractivity contribution < 1.29 is 0 Å². The molecule has 1 rings (SSSR count). The lowest BCUT2D eigenvalue weighted by molar-refractivity contribution is 0.730. The van der Waals surface area contributed by atoms with Crippen LogP contribution < -0.4 is 11.5 Å². The summed E-state index contributed by atoms with van der Waals surface area (Å²) in [6, 6.07) is -0.0787. The van der Waals surface area contributed by atoms with Crippen LogP contribution in [0, 0.1) is 0 Å². The third-order valence-electron chi connectivity index (χ3n) is 1.02. The fourth-order valence-electron chi connectivity index (χ4n) is 0.518. The first-order chi connectivity index (χ1) is 4.34. The van der Waals surface area contributed by atoms with E-state index in [0.717, 1.165) is 5.01 Å². The zero-order valence-corrected chi connectivity index (χ0v) is 5.77. The average molecular weight is 143 g/mol. The molecule has 9 heavy (non-hydrogen) atoms. The van der Waals surface area contributed by atoms with Crippen molar-refractivity contribution in [1.82, 2.24) is 4.98 Å². The van der Waals surface area contributed by atoms with Gasteiger partial charge in [0.15, 0.2) is 0 Å². The van der Waals surface area contributed by atoms with Crippen molar-refractivity contribution in [2.24, 2.45) is 11.5 Å². The lowest BCUT2D eigenvalue weighted by Crippen LogP contribution is -2.20. The van der Waals surface area contributed by atoms with Crippen LogP contribution >= 0.6 is 11.3 Å². The van der Waals surface area contributed by atoms with Crippen LogP contribution in [0.2, 0.25) is 0 Å². The SMILES string of the molecule is NCC(N)c1nccs1. The lowest BCUT2D eigenvalue weighted by atomic mass is 10.3. The van der Waals surface area contributed by atoms with Gasteiger partial charge in [-0.05, 0) is 0 Å². The predicted molar refractivity (Wildman–Crippen MR) is 38.1 cm³/mol. The molecule has 3 nitrogen and oxygen atoms in total. The summed E-state index contributed by atoms with van der Waals surface area (Å²) in [6.07, 6.45) is 1.73. The molecule has 0 spiro atoms. The zero-order valence-electron chi connectivity index (χ0n) is 4.95. The van der Waals surface area contributed by atoms with Crippen molar-refractivity contribution in [3.05, 3.63) is 16.6 Å². The lowest BCUT2D eigenvalue weighted by Gasteiger charge is -2.01. The molecular weight excluding hydrogens is 134 g/mol. The van der Waals surface area contributed by atoms with E-state index in [9.17, 15) is 0 Å². The molecule has 0 aliphatic rings. The van der Waals surface area contributed by atoms with E-state index < -0.39 is 0 Å². The Hall–Kier alpha value is -0.450. The first-order valence-electron chi connectivity index (χ1n) is 2.69. The third kappa shape index (κ3) is 1.48. The minimum atomic E-state index is -0.0787. The number of aromatic nitrogens is 1. The van der Waals surface area contributed by atoms with Gasteiger partial charge in [-0.1, -0.05) is 0 Å². The molecule has 50 valence electrons. The van der Waals surface area contributed by atoms with Crippen LogP contribution in [0.4, 0.5) is 0 Å². The quantitative estimate of drug-likeness (QED) is 0.617. The molecule has 0 saturated carbocycles. The minimum absolute atomic E-state index is 0.0787. The van der Waals surface area contributed by atoms with E-state index in [1.165, 1.54) is 11.3 Å². The van der Waals surface area contributed by atoms with E-state index in [-0.39, 0.29) is 6.04 Å². The molecule has 1 aromatic rings. The van der Waals surface area contributed by atoms with Gasteiger partial charge in [-0.3, -0.25) is 0 Å². The third-order valence-corrected chi connectivity index (χ3v) is 1.93. The van der Waals surface area contributed by atoms with E-state index in [0.29, 0.717) is 6.54 Å². The molecule has 0 aliphatic heterocycles. The van der Waals surface area contributed by atoms with Crippen molar-refractivity contribution in [3.63, 3.8) is 0 Å². The molecule has 0 radical (unpaired) electrons. The summed E-state index contributed by atoms with van der Waals surface area (Å²) in [4.78, 5) is 4.00. The van der Waals surface area contributed by atoms with Gasteiger partial charge in [0.1, 0.15) is 5.01 Å². The van der Waals surface area contributed by atoms with Gasteiger partial charge in [0, 0.05) is 18.1 Å². The van der Waals surface area contributed by atoms with E-state index >= 15 is 0 Å². The average Bonchev–Trinajstić information content (AvgIpc) is 2.37. The van der Waals surface area contributed by atoms with Crippen molar-refractivity contribution in [2.75, 3.05) is 6.54 Å². The Morgan fingerprint density at radius 2 is 2.56 bits per heavy atom. The zero-order chi connectivity index (χ0) is 6.69. The summed E-state index contributed by atoms with van der Waals surface area (Å²) < 4.78 is 0. The Kier molecular flexibility index (Phi) is 2.16. The Labute approximate surface area is 57.7 Å². The van der Waals surface area contributed by atoms with Gasteiger partial charge >= 0.3 is 0 Å². The second kappa shape index (κ2) is 2.91. The van der Waals surface area contributed by atoms with Gasteiger partial charge < -0.3 is 11.5 Å². The van der Waals surface area contributed by atoms with Crippen LogP contribution in [0.3, 0.4) is 0 Å². The molecule has 4 N–H and O–H groups in total. The highest BCUT2D eigenvalue weighted by Crippen LogP contribution is 2.10. The summed E-state index contributed by atoms with van der Waals surface area (Å²) in [5, 5.41) is 2.81. The summed E-state index contributed by atoms with van der Waals surface area (Å²) >= 11 is 1.54. The van der Waals surface area contributed by atoms with Gasteiger partial charge in [-0.15, -0.1) is 11.3 Å². The fourth-order valence-corrected chi connectivity index (χ4v) is 1.17. The maximum absolute atomic E-state index is 5.56. The molecule has 1 unspecified atom stereocenters. The first-order valence-corrected chi connectivity index (χ1v) is 3.57. The predicted octanol–water partition coefficient (Wildman–Crippen LogP) is 0.102. The molecule has 1 heterocycles. The van der Waals surface area contributed by atoms with Crippen LogP contribution in [0.5, 0.6) is 0 Å². The summed E-state index contributed by atoms with van der Waals surface area (Å²) in [7, 11) is 0. The monoisotopic (exact) mass is 143 g/mol. The summed E-state index contributed by atoms with van der Waals surface area (Å²) in [5.41, 5.74) is 10.9. The first kappa shape index (κ1) is 6.67. The summed E-state index contributed by atoms with van der Waals surface area (Å²) in [6.45, 7) is 0.466. The highest BCUT2D eigenvalue weighted by molar-refractivity contribution is 7.09. The molecule has 1 atom stereocenters. The van der Waals surface area contributed by atoms with Gasteiger partial charge in [-0.25, -0.2) is 4.98 Å². The fraction of sp³-hybridized carbons (Fsp3) is 0.400. The second-order valence-electron chi connectivity index (χ2n) is 1.71. The molecule has 0 amide bonds. The minimum Gasteiger partial charge on any atom is -0.329 e. The van der Waals surface area contributed by atoms with Gasteiger partial charge in [0.25, 0.3) is 0 Å². The standard InChI is InChI=1S/C5H9N3S/c6-3-4(7)5-8-1-2-9-5/h1-2,4H,3,6-7H2. The maximum Gasteiger partial charge on any atom is 0.111 e. The van der Waals surface area contributed by atoms with E-state index in [4.69, 9.17) is 11.5 Å². The van der Waals surface area contributed by atoms with Crippen LogP contribution in [0.1, 0.15) is 11.0 Å². The largest absolute Gasteiger partial charge is 0.329 e. The Bertz CT molecular complexity index is 161. The number of nitrogens with two attached hydrogens (primary N) is 2. The molecule has 0 aliphatic carbocycles. The number of rotatable bonds is 2. The Morgan fingerprint density at radius 3 is 3.00 bits per heavy atom. The normalized spacial score (nSPS) is 13.6. The molecule has 0 bridgehead atoms. The van der Waals surface area contributed by atoms with Gasteiger partial charge in [0.05, 0.1) is 6.04 Å². The second-order valence-corrected chi connectivity index (χ2v) is 2.64. The molecule has 4 heteroatoms. The van der Waals surface area contributed by atoms with Crippen molar-refractivity contribution >= 4 is 11.3 Å². The topological polar surface area (TPSA) is 64.9 Å². The number of hydrogen-bond acceptors (Lipinski definition) is 4. The highest BCUT2D eigenvalue weighted by atomic mass is 32.1. The van der Waals surface area contributed by atoms with Crippen molar-refractivity contribution in [1.29, 1.82) is 0 Å². The van der Waals surface area contributed by atoms with Crippen LogP contribution in [-0.2, 0) is 0 Å². The molecular formula is C5H9N3S. The van der Waals surface area contributed by atoms with Gasteiger partial charge in [-0.2, -0.15) is 0 Å². The number of hydrogen-bond donors (Lipinski definition) is 2. The van der Waals surface area contributed by atoms with Gasteiger partial charge in [0.2, 0.25) is 0 Å². The Morgan fingerprint density at radius 1 is 1.78 bits per heavy atom. The number of thiazole rings is 1. The van der Waals surface area contributed by atoms with Crippen molar-refractivity contribution in [3.8, 4) is 0 Å². The Balaban J connectivity index is 2.65. The molecule has 1 aromatic heterocycles. The van der Waals surface area contributed by atoms with Crippen LogP contribution in [0.25, 0.3) is 0 Å². The van der Waals surface area contributed by atoms with E-state index in [2.05, 4.69) is 4.98 Å². The highest BCUT2D eigenvalue weighted by Gasteiger charge is 2.03. The van der Waals surface area contributed by atoms with E-state index in [1.54, 1.807) is 6.20 Å². The van der Waals surface area contributed by atoms with Crippen LogP contribution in [0.15, 0.2) is 11.6 Å². The summed E-state index contributed by atoms with van der Waals surface area (Å²) in [5.74, 6) is 0. The smallest absolute Gasteiger partial charge is 0.111 e.